The maximum Gasteiger partial charge on any atom is 0.335 e. The van der Waals surface area contributed by atoms with Gasteiger partial charge >= 0.3 is 11.9 Å². The van der Waals surface area contributed by atoms with Crippen molar-refractivity contribution in [2.24, 2.45) is 0 Å². The molecule has 0 amide bonds. The van der Waals surface area contributed by atoms with Gasteiger partial charge in [-0.15, -0.1) is 0 Å². The van der Waals surface area contributed by atoms with Crippen molar-refractivity contribution in [3.05, 3.63) is 24.3 Å². The molecule has 0 spiro atoms. The second kappa shape index (κ2) is 5.99. The molecular weight excluding hydrogens is 252 g/mol. The van der Waals surface area contributed by atoms with Gasteiger partial charge in [0.25, 0.3) is 0 Å². The van der Waals surface area contributed by atoms with Crippen LogP contribution in [0.5, 0.6) is 0 Å². The van der Waals surface area contributed by atoms with E-state index in [4.69, 9.17) is 14.2 Å². The molecule has 0 aliphatic carbocycles. The lowest BCUT2D eigenvalue weighted by atomic mass is 10.1. The van der Waals surface area contributed by atoms with Crippen LogP contribution in [0.1, 0.15) is 20.3 Å². The van der Waals surface area contributed by atoms with Crippen molar-refractivity contribution in [2.75, 3.05) is 13.2 Å². The lowest BCUT2D eigenvalue weighted by Crippen LogP contribution is -2.42. The van der Waals surface area contributed by atoms with Crippen LogP contribution in [0, 0.1) is 0 Å². The first-order valence-corrected chi connectivity index (χ1v) is 5.79. The zero-order valence-corrected chi connectivity index (χ0v) is 11.1. The molecule has 1 aliphatic rings. The molecular formula is C13H18O6. The summed E-state index contributed by atoms with van der Waals surface area (Å²) in [5.74, 6) is -3.33. The molecule has 0 saturated carbocycles. The summed E-state index contributed by atoms with van der Waals surface area (Å²) in [6.45, 7) is 9.77. The predicted molar refractivity (Wildman–Crippen MR) is 66.0 cm³/mol. The lowest BCUT2D eigenvalue weighted by Gasteiger charge is -2.26. The van der Waals surface area contributed by atoms with Gasteiger partial charge in [0.05, 0.1) is 12.7 Å². The van der Waals surface area contributed by atoms with E-state index in [1.165, 1.54) is 13.8 Å². The van der Waals surface area contributed by atoms with E-state index >= 15 is 0 Å². The molecule has 1 saturated heterocycles. The van der Waals surface area contributed by atoms with Crippen molar-refractivity contribution in [3.8, 4) is 0 Å². The Labute approximate surface area is 111 Å². The van der Waals surface area contributed by atoms with Gasteiger partial charge in [-0.2, -0.15) is 0 Å². The molecule has 0 aromatic rings. The molecule has 0 aromatic heterocycles. The average Bonchev–Trinajstić information content (AvgIpc) is 3.09. The summed E-state index contributed by atoms with van der Waals surface area (Å²) in [5.41, 5.74) is 0.331. The van der Waals surface area contributed by atoms with Crippen molar-refractivity contribution >= 4 is 11.9 Å². The number of esters is 2. The minimum Gasteiger partial charge on any atom is -0.455 e. The van der Waals surface area contributed by atoms with Crippen molar-refractivity contribution < 1.29 is 28.9 Å². The molecule has 2 unspecified atom stereocenters. The van der Waals surface area contributed by atoms with Gasteiger partial charge in [-0.1, -0.05) is 13.2 Å². The third-order valence-corrected chi connectivity index (χ3v) is 2.36. The normalized spacial score (nSPS) is 20.1. The van der Waals surface area contributed by atoms with Crippen molar-refractivity contribution in [1.29, 1.82) is 0 Å². The second-order valence-corrected chi connectivity index (χ2v) is 4.63. The van der Waals surface area contributed by atoms with Crippen LogP contribution < -0.4 is 0 Å². The van der Waals surface area contributed by atoms with Gasteiger partial charge in [-0.05, 0) is 13.8 Å². The first kappa shape index (κ1) is 15.4. The highest BCUT2D eigenvalue weighted by molar-refractivity contribution is 5.88. The van der Waals surface area contributed by atoms with Gasteiger partial charge < -0.3 is 19.3 Å². The van der Waals surface area contributed by atoms with E-state index < -0.39 is 24.3 Å². The Morgan fingerprint density at radius 3 is 2.26 bits per heavy atom. The summed E-state index contributed by atoms with van der Waals surface area (Å²) in [4.78, 5) is 22.7. The molecule has 6 nitrogen and oxygen atoms in total. The Morgan fingerprint density at radius 2 is 1.84 bits per heavy atom. The molecule has 0 aromatic carbocycles. The molecule has 1 rings (SSSR count). The lowest BCUT2D eigenvalue weighted by molar-refractivity contribution is -0.228. The number of hydrogen-bond donors (Lipinski definition) is 1. The predicted octanol–water partition coefficient (Wildman–Crippen LogP) is 0.702. The van der Waals surface area contributed by atoms with E-state index in [-0.39, 0.29) is 23.7 Å². The van der Waals surface area contributed by atoms with Crippen LogP contribution in [0.2, 0.25) is 0 Å². The van der Waals surface area contributed by atoms with Gasteiger partial charge in [-0.3, -0.25) is 0 Å². The monoisotopic (exact) mass is 270 g/mol. The largest absolute Gasteiger partial charge is 0.455 e. The Bertz CT molecular complexity index is 409. The van der Waals surface area contributed by atoms with E-state index in [0.717, 1.165) is 0 Å². The molecule has 1 N–H and O–H groups in total. The van der Waals surface area contributed by atoms with Gasteiger partial charge in [-0.25, -0.2) is 9.59 Å². The molecule has 0 bridgehead atoms. The van der Waals surface area contributed by atoms with Crippen LogP contribution >= 0.6 is 0 Å². The fourth-order valence-corrected chi connectivity index (χ4v) is 1.23. The highest BCUT2D eigenvalue weighted by atomic mass is 16.7. The van der Waals surface area contributed by atoms with Gasteiger partial charge in [0.15, 0.2) is 6.61 Å². The number of rotatable bonds is 7. The number of ether oxygens (including phenoxy) is 3. The summed E-state index contributed by atoms with van der Waals surface area (Å²) in [6.07, 6.45) is -0.165. The molecule has 1 heterocycles. The second-order valence-electron chi connectivity index (χ2n) is 4.63. The third kappa shape index (κ3) is 5.23. The number of hydrogen-bond acceptors (Lipinski definition) is 6. The smallest absolute Gasteiger partial charge is 0.335 e. The quantitative estimate of drug-likeness (QED) is 0.317. The highest BCUT2D eigenvalue weighted by Crippen LogP contribution is 2.25. The van der Waals surface area contributed by atoms with E-state index in [0.29, 0.717) is 6.61 Å². The molecule has 6 heteroatoms. The SMILES string of the molecule is C=C(C)C(=O)OCC(O)(CC1CO1)OC(=O)C(=C)C. The minimum absolute atomic E-state index is 0.0372. The fraction of sp³-hybridized carbons (Fsp3) is 0.538. The Morgan fingerprint density at radius 1 is 1.32 bits per heavy atom. The van der Waals surface area contributed by atoms with Crippen LogP contribution in [0.3, 0.4) is 0 Å². The number of carbonyl (C=O) groups excluding carboxylic acids is 2. The van der Waals surface area contributed by atoms with Gasteiger partial charge in [0.2, 0.25) is 5.79 Å². The standard InChI is InChI=1S/C13H18O6/c1-8(2)11(14)18-7-13(16,5-10-6-17-10)19-12(15)9(3)4/h10,16H,1,3,5-7H2,2,4H3. The van der Waals surface area contributed by atoms with E-state index in [1.54, 1.807) is 0 Å². The first-order chi connectivity index (χ1) is 8.73. The molecule has 19 heavy (non-hydrogen) atoms. The Kier molecular flexibility index (Phi) is 4.85. The summed E-state index contributed by atoms with van der Waals surface area (Å²) in [7, 11) is 0. The summed E-state index contributed by atoms with van der Waals surface area (Å²) >= 11 is 0. The average molecular weight is 270 g/mol. The highest BCUT2D eigenvalue weighted by Gasteiger charge is 2.41. The van der Waals surface area contributed by atoms with Gasteiger partial charge in [0.1, 0.15) is 0 Å². The first-order valence-electron chi connectivity index (χ1n) is 5.79. The van der Waals surface area contributed by atoms with E-state index in [1.807, 2.05) is 0 Å². The van der Waals surface area contributed by atoms with Crippen molar-refractivity contribution in [1.82, 2.24) is 0 Å². The number of epoxide rings is 1. The van der Waals surface area contributed by atoms with Crippen LogP contribution in [0.25, 0.3) is 0 Å². The van der Waals surface area contributed by atoms with Gasteiger partial charge in [0, 0.05) is 17.6 Å². The molecule has 1 fully saturated rings. The van der Waals surface area contributed by atoms with Crippen molar-refractivity contribution in [2.45, 2.75) is 32.2 Å². The summed E-state index contributed by atoms with van der Waals surface area (Å²) in [6, 6.07) is 0. The Hall–Kier alpha value is -1.66. The zero-order valence-electron chi connectivity index (χ0n) is 11.1. The molecule has 0 radical (unpaired) electrons. The maximum absolute atomic E-state index is 11.5. The summed E-state index contributed by atoms with van der Waals surface area (Å²) < 4.78 is 14.7. The molecule has 1 aliphatic heterocycles. The number of carbonyl (C=O) groups is 2. The van der Waals surface area contributed by atoms with Crippen LogP contribution in [0.4, 0.5) is 0 Å². The van der Waals surface area contributed by atoms with E-state index in [9.17, 15) is 14.7 Å². The van der Waals surface area contributed by atoms with E-state index in [2.05, 4.69) is 13.2 Å². The zero-order chi connectivity index (χ0) is 14.6. The van der Waals surface area contributed by atoms with Crippen LogP contribution in [0.15, 0.2) is 24.3 Å². The minimum atomic E-state index is -1.91. The Balaban J connectivity index is 2.63. The third-order valence-electron chi connectivity index (χ3n) is 2.36. The molecule has 106 valence electrons. The number of aliphatic hydroxyl groups is 1. The molecule has 2 atom stereocenters. The fourth-order valence-electron chi connectivity index (χ4n) is 1.23. The van der Waals surface area contributed by atoms with Crippen molar-refractivity contribution in [3.63, 3.8) is 0 Å². The maximum atomic E-state index is 11.5. The summed E-state index contributed by atoms with van der Waals surface area (Å²) in [5, 5.41) is 10.2. The van der Waals surface area contributed by atoms with Crippen LogP contribution in [-0.2, 0) is 23.8 Å². The topological polar surface area (TPSA) is 85.4 Å². The van der Waals surface area contributed by atoms with Crippen LogP contribution in [-0.4, -0.2) is 42.1 Å².